The van der Waals surface area contributed by atoms with Gasteiger partial charge in [0.05, 0.1) is 6.61 Å². The Bertz CT molecular complexity index is 127. The van der Waals surface area contributed by atoms with Crippen molar-refractivity contribution in [1.29, 1.82) is 0 Å². The van der Waals surface area contributed by atoms with E-state index in [0.717, 1.165) is 12.5 Å². The van der Waals surface area contributed by atoms with Crippen molar-refractivity contribution in [2.45, 2.75) is 38.6 Å². The van der Waals surface area contributed by atoms with Crippen LogP contribution in [-0.2, 0) is 0 Å². The molecular formula is C10H21NO. The number of nitrogens with zero attached hydrogens (tertiary/aromatic N) is 1. The van der Waals surface area contributed by atoms with Crippen LogP contribution < -0.4 is 0 Å². The Hall–Kier alpha value is -0.0800. The van der Waals surface area contributed by atoms with Gasteiger partial charge in [-0.1, -0.05) is 19.8 Å². The first-order chi connectivity index (χ1) is 5.75. The van der Waals surface area contributed by atoms with Gasteiger partial charge >= 0.3 is 0 Å². The molecule has 12 heavy (non-hydrogen) atoms. The van der Waals surface area contributed by atoms with Gasteiger partial charge in [0.2, 0.25) is 0 Å². The molecule has 0 aliphatic heterocycles. The molecule has 0 bridgehead atoms. The third-order valence-corrected chi connectivity index (χ3v) is 3.09. The highest BCUT2D eigenvalue weighted by molar-refractivity contribution is 4.78. The summed E-state index contributed by atoms with van der Waals surface area (Å²) in [5.74, 6) is 0.815. The maximum absolute atomic E-state index is 8.81. The largest absolute Gasteiger partial charge is 0.395 e. The van der Waals surface area contributed by atoms with Gasteiger partial charge in [-0.2, -0.15) is 0 Å². The lowest BCUT2D eigenvalue weighted by Crippen LogP contribution is -2.40. The monoisotopic (exact) mass is 171 g/mol. The Morgan fingerprint density at radius 1 is 1.33 bits per heavy atom. The molecule has 2 atom stereocenters. The van der Waals surface area contributed by atoms with Crippen LogP contribution in [0, 0.1) is 5.92 Å². The normalized spacial score (nSPS) is 31.0. The van der Waals surface area contributed by atoms with Crippen molar-refractivity contribution in [3.8, 4) is 0 Å². The van der Waals surface area contributed by atoms with Crippen LogP contribution in [0.5, 0.6) is 0 Å². The van der Waals surface area contributed by atoms with E-state index < -0.39 is 0 Å². The minimum Gasteiger partial charge on any atom is -0.395 e. The molecule has 2 nitrogen and oxygen atoms in total. The van der Waals surface area contributed by atoms with Crippen molar-refractivity contribution in [2.75, 3.05) is 20.2 Å². The van der Waals surface area contributed by atoms with Crippen molar-refractivity contribution < 1.29 is 5.11 Å². The molecule has 0 amide bonds. The van der Waals surface area contributed by atoms with E-state index in [0.29, 0.717) is 12.6 Å². The van der Waals surface area contributed by atoms with Crippen LogP contribution in [0.4, 0.5) is 0 Å². The minimum atomic E-state index is 0.291. The molecule has 0 heterocycles. The zero-order valence-corrected chi connectivity index (χ0v) is 8.29. The number of hydrogen-bond acceptors (Lipinski definition) is 2. The fraction of sp³-hybridized carbons (Fsp3) is 1.00. The highest BCUT2D eigenvalue weighted by atomic mass is 16.3. The Morgan fingerprint density at radius 3 is 2.58 bits per heavy atom. The molecule has 1 rings (SSSR count). The Balaban J connectivity index is 2.36. The fourth-order valence-electron chi connectivity index (χ4n) is 2.28. The summed E-state index contributed by atoms with van der Waals surface area (Å²) in [4.78, 5) is 2.31. The van der Waals surface area contributed by atoms with E-state index in [1.807, 2.05) is 0 Å². The lowest BCUT2D eigenvalue weighted by atomic mass is 9.85. The fourth-order valence-corrected chi connectivity index (χ4v) is 2.28. The van der Waals surface area contributed by atoms with Gasteiger partial charge in [0.15, 0.2) is 0 Å². The van der Waals surface area contributed by atoms with Gasteiger partial charge in [-0.05, 0) is 25.8 Å². The van der Waals surface area contributed by atoms with Crippen LogP contribution in [0.3, 0.4) is 0 Å². The molecule has 0 aromatic rings. The number of rotatable bonds is 3. The van der Waals surface area contributed by atoms with Crippen LogP contribution in [0.1, 0.15) is 32.6 Å². The molecule has 1 saturated carbocycles. The van der Waals surface area contributed by atoms with E-state index in [-0.39, 0.29) is 0 Å². The third kappa shape index (κ3) is 2.46. The summed E-state index contributed by atoms with van der Waals surface area (Å²) in [5, 5.41) is 8.81. The van der Waals surface area contributed by atoms with Crippen LogP contribution in [0.2, 0.25) is 0 Å². The number of aliphatic hydroxyl groups is 1. The summed E-state index contributed by atoms with van der Waals surface area (Å²) in [7, 11) is 2.13. The summed E-state index contributed by atoms with van der Waals surface area (Å²) >= 11 is 0. The van der Waals surface area contributed by atoms with Gasteiger partial charge in [-0.25, -0.2) is 0 Å². The number of aliphatic hydroxyl groups excluding tert-OH is 1. The molecule has 0 radical (unpaired) electrons. The lowest BCUT2D eigenvalue weighted by Gasteiger charge is -2.35. The first-order valence-electron chi connectivity index (χ1n) is 5.07. The molecule has 2 heteroatoms. The second-order valence-electron chi connectivity index (χ2n) is 4.03. The maximum atomic E-state index is 8.81. The molecule has 0 aromatic carbocycles. The highest BCUT2D eigenvalue weighted by Gasteiger charge is 2.23. The quantitative estimate of drug-likeness (QED) is 0.695. The number of hydrogen-bond donors (Lipinski definition) is 1. The Morgan fingerprint density at radius 2 is 2.00 bits per heavy atom. The lowest BCUT2D eigenvalue weighted by molar-refractivity contribution is 0.115. The summed E-state index contributed by atoms with van der Waals surface area (Å²) in [6.45, 7) is 3.45. The zero-order chi connectivity index (χ0) is 8.97. The average Bonchev–Trinajstić information content (AvgIpc) is 2.05. The molecule has 1 N–H and O–H groups in total. The van der Waals surface area contributed by atoms with Crippen LogP contribution in [0.25, 0.3) is 0 Å². The average molecular weight is 171 g/mol. The molecule has 1 fully saturated rings. The first kappa shape index (κ1) is 10.0. The topological polar surface area (TPSA) is 23.5 Å². The van der Waals surface area contributed by atoms with Gasteiger partial charge in [0.1, 0.15) is 0 Å². The molecule has 0 unspecified atom stereocenters. The highest BCUT2D eigenvalue weighted by Crippen LogP contribution is 2.26. The molecule has 0 saturated heterocycles. The van der Waals surface area contributed by atoms with Crippen LogP contribution in [0.15, 0.2) is 0 Å². The molecule has 0 aromatic heterocycles. The van der Waals surface area contributed by atoms with Crippen molar-refractivity contribution in [3.63, 3.8) is 0 Å². The Kier molecular flexibility index (Phi) is 4.02. The van der Waals surface area contributed by atoms with E-state index >= 15 is 0 Å². The summed E-state index contributed by atoms with van der Waals surface area (Å²) in [5.41, 5.74) is 0. The SMILES string of the molecule is C[C@@H]1CCCC[C@@H]1N(C)CCO. The van der Waals surface area contributed by atoms with E-state index in [2.05, 4.69) is 18.9 Å². The van der Waals surface area contributed by atoms with Crippen molar-refractivity contribution >= 4 is 0 Å². The maximum Gasteiger partial charge on any atom is 0.0558 e. The van der Waals surface area contributed by atoms with Gasteiger partial charge < -0.3 is 10.0 Å². The van der Waals surface area contributed by atoms with Crippen molar-refractivity contribution in [2.24, 2.45) is 5.92 Å². The standard InChI is InChI=1S/C10H21NO/c1-9-5-3-4-6-10(9)11(2)7-8-12/h9-10,12H,3-8H2,1-2H3/t9-,10+/m1/s1. The van der Waals surface area contributed by atoms with Crippen LogP contribution in [-0.4, -0.2) is 36.2 Å². The van der Waals surface area contributed by atoms with E-state index in [9.17, 15) is 0 Å². The molecule has 1 aliphatic rings. The van der Waals surface area contributed by atoms with Crippen molar-refractivity contribution in [1.82, 2.24) is 4.90 Å². The van der Waals surface area contributed by atoms with Crippen molar-refractivity contribution in [3.05, 3.63) is 0 Å². The smallest absolute Gasteiger partial charge is 0.0558 e. The molecular weight excluding hydrogens is 150 g/mol. The number of likely N-dealkylation sites (N-methyl/N-ethyl adjacent to an activating group) is 1. The van der Waals surface area contributed by atoms with Crippen LogP contribution >= 0.6 is 0 Å². The summed E-state index contributed by atoms with van der Waals surface area (Å²) in [6.07, 6.45) is 5.44. The summed E-state index contributed by atoms with van der Waals surface area (Å²) < 4.78 is 0. The predicted molar refractivity (Wildman–Crippen MR) is 51.1 cm³/mol. The summed E-state index contributed by atoms with van der Waals surface area (Å²) in [6, 6.07) is 0.714. The van der Waals surface area contributed by atoms with E-state index in [1.165, 1.54) is 25.7 Å². The second kappa shape index (κ2) is 4.83. The zero-order valence-electron chi connectivity index (χ0n) is 8.29. The van der Waals surface area contributed by atoms with Gasteiger partial charge in [0.25, 0.3) is 0 Å². The van der Waals surface area contributed by atoms with E-state index in [4.69, 9.17) is 5.11 Å². The van der Waals surface area contributed by atoms with Gasteiger partial charge in [0, 0.05) is 12.6 Å². The minimum absolute atomic E-state index is 0.291. The molecule has 1 aliphatic carbocycles. The van der Waals surface area contributed by atoms with E-state index in [1.54, 1.807) is 0 Å². The second-order valence-corrected chi connectivity index (χ2v) is 4.03. The predicted octanol–water partition coefficient (Wildman–Crippen LogP) is 1.49. The molecule has 72 valence electrons. The first-order valence-corrected chi connectivity index (χ1v) is 5.07. The van der Waals surface area contributed by atoms with Gasteiger partial charge in [-0.3, -0.25) is 0 Å². The third-order valence-electron chi connectivity index (χ3n) is 3.09. The Labute approximate surface area is 75.6 Å². The van der Waals surface area contributed by atoms with Gasteiger partial charge in [-0.15, -0.1) is 0 Å². The molecule has 0 spiro atoms.